The van der Waals surface area contributed by atoms with Gasteiger partial charge in [-0.3, -0.25) is 4.79 Å². The van der Waals surface area contributed by atoms with Crippen molar-refractivity contribution >= 4 is 16.8 Å². The molecule has 25 heavy (non-hydrogen) atoms. The molecule has 0 unspecified atom stereocenters. The van der Waals surface area contributed by atoms with E-state index in [-0.39, 0.29) is 11.7 Å². The molecule has 3 aromatic rings. The highest BCUT2D eigenvalue weighted by molar-refractivity contribution is 5.94. The summed E-state index contributed by atoms with van der Waals surface area (Å²) in [5, 5.41) is 1.26. The molecule has 0 radical (unpaired) electrons. The molecular weight excluding hydrogens is 315 g/mol. The summed E-state index contributed by atoms with van der Waals surface area (Å²) in [6, 6.07) is 16.6. The van der Waals surface area contributed by atoms with Crippen LogP contribution >= 0.6 is 0 Å². The zero-order chi connectivity index (χ0) is 17.4. The normalized spacial score (nSPS) is 15.7. The van der Waals surface area contributed by atoms with Crippen molar-refractivity contribution in [3.63, 3.8) is 0 Å². The number of fused-ring (bicyclic) bond motifs is 1. The minimum atomic E-state index is -0.365. The summed E-state index contributed by atoms with van der Waals surface area (Å²) in [7, 11) is 2.11. The van der Waals surface area contributed by atoms with Gasteiger partial charge in [0.25, 0.3) is 5.91 Å². The first kappa shape index (κ1) is 15.9. The zero-order valence-corrected chi connectivity index (χ0v) is 14.3. The lowest BCUT2D eigenvalue weighted by Gasteiger charge is -2.32. The Morgan fingerprint density at radius 1 is 1.04 bits per heavy atom. The van der Waals surface area contributed by atoms with Gasteiger partial charge in [-0.2, -0.15) is 0 Å². The second kappa shape index (κ2) is 6.36. The molecule has 0 saturated carbocycles. The Hall–Kier alpha value is -2.62. The van der Waals surface area contributed by atoms with Crippen molar-refractivity contribution in [3.8, 4) is 0 Å². The van der Waals surface area contributed by atoms with Crippen molar-refractivity contribution in [3.05, 3.63) is 71.7 Å². The Labute approximate surface area is 146 Å². The van der Waals surface area contributed by atoms with Crippen LogP contribution in [0.15, 0.2) is 54.6 Å². The number of aromatic nitrogens is 1. The van der Waals surface area contributed by atoms with Gasteiger partial charge in [0.1, 0.15) is 5.82 Å². The monoisotopic (exact) mass is 336 g/mol. The van der Waals surface area contributed by atoms with Crippen LogP contribution in [0.5, 0.6) is 0 Å². The average Bonchev–Trinajstić information content (AvgIpc) is 2.98. The average molecular weight is 336 g/mol. The molecule has 1 saturated heterocycles. The molecule has 2 aromatic carbocycles. The smallest absolute Gasteiger partial charge is 0.253 e. The van der Waals surface area contributed by atoms with E-state index in [2.05, 4.69) is 41.9 Å². The number of carbonyl (C=O) groups excluding carboxylic acids is 1. The predicted molar refractivity (Wildman–Crippen MR) is 97.2 cm³/mol. The van der Waals surface area contributed by atoms with Crippen molar-refractivity contribution < 1.29 is 9.18 Å². The van der Waals surface area contributed by atoms with Crippen molar-refractivity contribution in [1.29, 1.82) is 0 Å². The number of aryl methyl sites for hydroxylation is 1. The number of amides is 1. The van der Waals surface area contributed by atoms with Gasteiger partial charge >= 0.3 is 0 Å². The summed E-state index contributed by atoms with van der Waals surface area (Å²) in [5.41, 5.74) is 3.01. The third kappa shape index (κ3) is 2.93. The maximum atomic E-state index is 13.4. The summed E-state index contributed by atoms with van der Waals surface area (Å²) in [6.07, 6.45) is 1.87. The summed E-state index contributed by atoms with van der Waals surface area (Å²) < 4.78 is 15.6. The molecule has 4 rings (SSSR count). The van der Waals surface area contributed by atoms with Gasteiger partial charge in [0, 0.05) is 42.8 Å². The van der Waals surface area contributed by atoms with Gasteiger partial charge in [-0.25, -0.2) is 4.39 Å². The van der Waals surface area contributed by atoms with Crippen molar-refractivity contribution in [2.24, 2.45) is 7.05 Å². The number of nitrogens with zero attached hydrogens (tertiary/aromatic N) is 2. The number of hydrogen-bond donors (Lipinski definition) is 0. The van der Waals surface area contributed by atoms with Crippen molar-refractivity contribution in [2.75, 3.05) is 13.1 Å². The number of benzene rings is 2. The van der Waals surface area contributed by atoms with Gasteiger partial charge < -0.3 is 9.47 Å². The second-order valence-electron chi connectivity index (χ2n) is 6.76. The fraction of sp³-hybridized carbons (Fsp3) is 0.286. The molecule has 3 nitrogen and oxygen atoms in total. The summed E-state index contributed by atoms with van der Waals surface area (Å²) in [6.45, 7) is 1.42. The van der Waals surface area contributed by atoms with E-state index in [0.29, 0.717) is 24.6 Å². The molecule has 128 valence electrons. The Morgan fingerprint density at radius 3 is 2.52 bits per heavy atom. The van der Waals surface area contributed by atoms with Crippen LogP contribution < -0.4 is 0 Å². The van der Waals surface area contributed by atoms with Crippen molar-refractivity contribution in [1.82, 2.24) is 9.47 Å². The van der Waals surface area contributed by atoms with Crippen LogP contribution in [-0.4, -0.2) is 28.5 Å². The molecule has 1 aliphatic rings. The third-order valence-electron chi connectivity index (χ3n) is 5.26. The molecule has 2 heterocycles. The van der Waals surface area contributed by atoms with Crippen LogP contribution in [0.25, 0.3) is 10.9 Å². The van der Waals surface area contributed by atoms with Crippen LogP contribution in [0.4, 0.5) is 4.39 Å². The van der Waals surface area contributed by atoms with Crippen LogP contribution in [0.2, 0.25) is 0 Å². The Kier molecular flexibility index (Phi) is 4.04. The minimum absolute atomic E-state index is 0.0741. The molecule has 0 atom stereocenters. The molecule has 0 bridgehead atoms. The van der Waals surface area contributed by atoms with Gasteiger partial charge in [0.05, 0.1) is 0 Å². The molecule has 1 aromatic heterocycles. The van der Waals surface area contributed by atoms with Gasteiger partial charge in [0.15, 0.2) is 0 Å². The molecule has 4 heteroatoms. The fourth-order valence-electron chi connectivity index (χ4n) is 3.88. The molecule has 1 fully saturated rings. The summed E-state index contributed by atoms with van der Waals surface area (Å²) in [4.78, 5) is 14.4. The van der Waals surface area contributed by atoms with E-state index < -0.39 is 0 Å². The summed E-state index contributed by atoms with van der Waals surface area (Å²) >= 11 is 0. The number of halogens is 1. The first-order chi connectivity index (χ1) is 12.1. The Balaban J connectivity index is 1.49. The predicted octanol–water partition coefficient (Wildman–Crippen LogP) is 4.34. The molecule has 1 amide bonds. The SMILES string of the molecule is Cn1c(C2CCN(C(=O)c3cccc(F)c3)CC2)cc2ccccc21. The van der Waals surface area contributed by atoms with E-state index >= 15 is 0 Å². The van der Waals surface area contributed by atoms with E-state index in [1.54, 1.807) is 12.1 Å². The topological polar surface area (TPSA) is 25.2 Å². The van der Waals surface area contributed by atoms with Gasteiger partial charge in [0.2, 0.25) is 0 Å². The first-order valence-electron chi connectivity index (χ1n) is 8.72. The highest BCUT2D eigenvalue weighted by atomic mass is 19.1. The number of likely N-dealkylation sites (tertiary alicyclic amines) is 1. The number of rotatable bonds is 2. The van der Waals surface area contributed by atoms with Gasteiger partial charge in [-0.05, 0) is 48.6 Å². The molecular formula is C21H21FN2O. The van der Waals surface area contributed by atoms with Gasteiger partial charge in [-0.15, -0.1) is 0 Å². The van der Waals surface area contributed by atoms with Crippen LogP contribution in [-0.2, 0) is 7.05 Å². The van der Waals surface area contributed by atoms with E-state index in [9.17, 15) is 9.18 Å². The Morgan fingerprint density at radius 2 is 1.80 bits per heavy atom. The van der Waals surface area contributed by atoms with Crippen LogP contribution in [0.1, 0.15) is 34.8 Å². The first-order valence-corrected chi connectivity index (χ1v) is 8.72. The zero-order valence-electron chi connectivity index (χ0n) is 14.3. The van der Waals surface area contributed by atoms with E-state index in [0.717, 1.165) is 12.8 Å². The van der Waals surface area contributed by atoms with E-state index in [4.69, 9.17) is 0 Å². The maximum Gasteiger partial charge on any atom is 0.253 e. The highest BCUT2D eigenvalue weighted by Gasteiger charge is 2.26. The van der Waals surface area contributed by atoms with Crippen molar-refractivity contribution in [2.45, 2.75) is 18.8 Å². The number of hydrogen-bond acceptors (Lipinski definition) is 1. The highest BCUT2D eigenvalue weighted by Crippen LogP contribution is 2.32. The second-order valence-corrected chi connectivity index (χ2v) is 6.76. The lowest BCUT2D eigenvalue weighted by atomic mass is 9.93. The summed E-state index contributed by atoms with van der Waals surface area (Å²) in [5.74, 6) is 0.0141. The van der Waals surface area contributed by atoms with E-state index in [1.807, 2.05) is 4.90 Å². The lowest BCUT2D eigenvalue weighted by Crippen LogP contribution is -2.38. The maximum absolute atomic E-state index is 13.4. The third-order valence-corrected chi connectivity index (χ3v) is 5.26. The number of carbonyl (C=O) groups is 1. The molecule has 1 aliphatic heterocycles. The number of piperidine rings is 1. The largest absolute Gasteiger partial charge is 0.347 e. The quantitative estimate of drug-likeness (QED) is 0.683. The van der Waals surface area contributed by atoms with E-state index in [1.165, 1.54) is 28.7 Å². The van der Waals surface area contributed by atoms with Crippen LogP contribution in [0, 0.1) is 5.82 Å². The van der Waals surface area contributed by atoms with Crippen LogP contribution in [0.3, 0.4) is 0 Å². The Bertz CT molecular complexity index is 923. The standard InChI is InChI=1S/C21H21FN2O/c1-23-19-8-3-2-5-16(19)14-20(23)15-9-11-24(12-10-15)21(25)17-6-4-7-18(22)13-17/h2-8,13-15H,9-12H2,1H3. The fourth-order valence-corrected chi connectivity index (χ4v) is 3.88. The molecule has 0 spiro atoms. The minimum Gasteiger partial charge on any atom is -0.347 e. The lowest BCUT2D eigenvalue weighted by molar-refractivity contribution is 0.0711. The number of para-hydroxylation sites is 1. The molecule has 0 N–H and O–H groups in total. The molecule has 0 aliphatic carbocycles. The van der Waals surface area contributed by atoms with Gasteiger partial charge in [-0.1, -0.05) is 24.3 Å².